The van der Waals surface area contributed by atoms with Gasteiger partial charge < -0.3 is 0 Å². The standard InChI is InChI=1S/C10H17NO3S/c1-3-7-6-8(7)9(12)11-15(13,14)10(2)4-5-10/h7-8H,3-6H2,1-2H3,(H,11,12)/t7-,8?/m1/s1. The lowest BCUT2D eigenvalue weighted by molar-refractivity contribution is -0.120. The van der Waals surface area contributed by atoms with Crippen LogP contribution in [-0.2, 0) is 14.8 Å². The minimum Gasteiger partial charge on any atom is -0.274 e. The summed E-state index contributed by atoms with van der Waals surface area (Å²) in [5, 5.41) is 0. The number of nitrogens with one attached hydrogen (secondary N) is 1. The fourth-order valence-corrected chi connectivity index (χ4v) is 3.10. The van der Waals surface area contributed by atoms with Gasteiger partial charge in [0.2, 0.25) is 15.9 Å². The van der Waals surface area contributed by atoms with Crippen LogP contribution in [0, 0.1) is 11.8 Å². The Bertz CT molecular complexity index is 383. The summed E-state index contributed by atoms with van der Waals surface area (Å²) in [4.78, 5) is 11.6. The third-order valence-electron chi connectivity index (χ3n) is 3.62. The Hall–Kier alpha value is -0.580. The molecule has 0 radical (unpaired) electrons. The van der Waals surface area contributed by atoms with Crippen molar-refractivity contribution in [3.8, 4) is 0 Å². The van der Waals surface area contributed by atoms with Crippen molar-refractivity contribution in [2.45, 2.75) is 44.3 Å². The molecule has 2 atom stereocenters. The highest BCUT2D eigenvalue weighted by molar-refractivity contribution is 7.91. The Balaban J connectivity index is 1.95. The van der Waals surface area contributed by atoms with Gasteiger partial charge in [0.25, 0.3) is 0 Å². The number of sulfonamides is 1. The molecule has 5 heteroatoms. The number of carbonyl (C=O) groups is 1. The van der Waals surface area contributed by atoms with Gasteiger partial charge in [-0.25, -0.2) is 8.42 Å². The minimum atomic E-state index is -3.42. The Labute approximate surface area is 90.5 Å². The third-order valence-corrected chi connectivity index (χ3v) is 5.80. The maximum atomic E-state index is 11.7. The smallest absolute Gasteiger partial charge is 0.240 e. The van der Waals surface area contributed by atoms with Gasteiger partial charge in [-0.1, -0.05) is 13.3 Å². The molecule has 1 amide bonds. The molecule has 86 valence electrons. The second-order valence-electron chi connectivity index (χ2n) is 4.93. The molecule has 0 saturated heterocycles. The van der Waals surface area contributed by atoms with Crippen LogP contribution in [0.25, 0.3) is 0 Å². The van der Waals surface area contributed by atoms with Crippen LogP contribution in [0.2, 0.25) is 0 Å². The number of amides is 1. The first-order valence-corrected chi connectivity index (χ1v) is 6.94. The van der Waals surface area contributed by atoms with Gasteiger partial charge >= 0.3 is 0 Å². The lowest BCUT2D eigenvalue weighted by Gasteiger charge is -2.11. The molecule has 0 aromatic heterocycles. The molecule has 15 heavy (non-hydrogen) atoms. The van der Waals surface area contributed by atoms with Crippen LogP contribution in [0.15, 0.2) is 0 Å². The Morgan fingerprint density at radius 1 is 1.47 bits per heavy atom. The predicted molar refractivity (Wildman–Crippen MR) is 56.6 cm³/mol. The molecule has 0 aromatic rings. The number of rotatable bonds is 4. The minimum absolute atomic E-state index is 0.0628. The van der Waals surface area contributed by atoms with Gasteiger partial charge in [-0.2, -0.15) is 0 Å². The normalized spacial score (nSPS) is 32.1. The molecular weight excluding hydrogens is 214 g/mol. The first-order chi connectivity index (χ1) is 6.89. The summed E-state index contributed by atoms with van der Waals surface area (Å²) in [5.74, 6) is 0.0364. The zero-order chi connectivity index (χ0) is 11.3. The molecule has 2 saturated carbocycles. The van der Waals surface area contributed by atoms with E-state index in [4.69, 9.17) is 0 Å². The van der Waals surface area contributed by atoms with Gasteiger partial charge in [-0.3, -0.25) is 9.52 Å². The highest BCUT2D eigenvalue weighted by Crippen LogP contribution is 2.44. The molecule has 1 N–H and O–H groups in total. The van der Waals surface area contributed by atoms with Crippen molar-refractivity contribution < 1.29 is 13.2 Å². The van der Waals surface area contributed by atoms with Crippen molar-refractivity contribution in [3.63, 3.8) is 0 Å². The van der Waals surface area contributed by atoms with E-state index in [1.807, 2.05) is 6.92 Å². The van der Waals surface area contributed by atoms with Gasteiger partial charge in [0.15, 0.2) is 0 Å². The van der Waals surface area contributed by atoms with E-state index in [1.165, 1.54) is 0 Å². The van der Waals surface area contributed by atoms with Crippen LogP contribution in [0.4, 0.5) is 0 Å². The predicted octanol–water partition coefficient (Wildman–Crippen LogP) is 1.03. The largest absolute Gasteiger partial charge is 0.274 e. The van der Waals surface area contributed by atoms with Crippen molar-refractivity contribution in [1.82, 2.24) is 4.72 Å². The van der Waals surface area contributed by atoms with E-state index in [1.54, 1.807) is 6.92 Å². The molecule has 2 aliphatic carbocycles. The topological polar surface area (TPSA) is 63.2 Å². The van der Waals surface area contributed by atoms with Gasteiger partial charge in [0.05, 0.1) is 4.75 Å². The van der Waals surface area contributed by atoms with Crippen molar-refractivity contribution in [1.29, 1.82) is 0 Å². The SMILES string of the molecule is CC[C@@H]1CC1C(=O)NS(=O)(=O)C1(C)CC1. The summed E-state index contributed by atoms with van der Waals surface area (Å²) < 4.78 is 25.0. The third kappa shape index (κ3) is 1.89. The maximum absolute atomic E-state index is 11.7. The van der Waals surface area contributed by atoms with E-state index in [2.05, 4.69) is 4.72 Å². The Morgan fingerprint density at radius 3 is 2.47 bits per heavy atom. The molecule has 0 bridgehead atoms. The average molecular weight is 231 g/mol. The second-order valence-corrected chi connectivity index (χ2v) is 7.13. The van der Waals surface area contributed by atoms with Crippen LogP contribution in [-0.4, -0.2) is 19.1 Å². The van der Waals surface area contributed by atoms with Crippen LogP contribution in [0.1, 0.15) is 39.5 Å². The van der Waals surface area contributed by atoms with Crippen LogP contribution >= 0.6 is 0 Å². The van der Waals surface area contributed by atoms with Crippen LogP contribution < -0.4 is 4.72 Å². The molecule has 2 aliphatic rings. The van der Waals surface area contributed by atoms with Crippen molar-refractivity contribution in [2.24, 2.45) is 11.8 Å². The highest BCUT2D eigenvalue weighted by Gasteiger charge is 2.52. The van der Waals surface area contributed by atoms with Gasteiger partial charge in [0, 0.05) is 5.92 Å². The van der Waals surface area contributed by atoms with E-state index < -0.39 is 14.8 Å². The molecule has 1 unspecified atom stereocenters. The molecule has 0 spiro atoms. The quantitative estimate of drug-likeness (QED) is 0.786. The molecule has 4 nitrogen and oxygen atoms in total. The summed E-state index contributed by atoms with van der Waals surface area (Å²) in [6.07, 6.45) is 3.12. The molecule has 0 heterocycles. The summed E-state index contributed by atoms with van der Waals surface area (Å²) in [6.45, 7) is 3.71. The molecule has 0 aliphatic heterocycles. The molecule has 2 rings (SSSR count). The van der Waals surface area contributed by atoms with Crippen LogP contribution in [0.5, 0.6) is 0 Å². The average Bonchev–Trinajstić information content (AvgIpc) is 2.97. The first kappa shape index (κ1) is 10.9. The highest BCUT2D eigenvalue weighted by atomic mass is 32.2. The zero-order valence-corrected chi connectivity index (χ0v) is 9.93. The zero-order valence-electron chi connectivity index (χ0n) is 9.12. The van der Waals surface area contributed by atoms with E-state index in [0.717, 1.165) is 12.8 Å². The van der Waals surface area contributed by atoms with Gasteiger partial charge in [-0.05, 0) is 32.1 Å². The Kier molecular flexibility index (Phi) is 2.33. The molecule has 0 aromatic carbocycles. The molecular formula is C10H17NO3S. The van der Waals surface area contributed by atoms with Gasteiger partial charge in [-0.15, -0.1) is 0 Å². The van der Waals surface area contributed by atoms with E-state index >= 15 is 0 Å². The van der Waals surface area contributed by atoms with E-state index in [9.17, 15) is 13.2 Å². The lowest BCUT2D eigenvalue weighted by Crippen LogP contribution is -2.39. The molecule has 2 fully saturated rings. The van der Waals surface area contributed by atoms with Crippen molar-refractivity contribution >= 4 is 15.9 Å². The summed E-state index contributed by atoms with van der Waals surface area (Å²) in [7, 11) is -3.42. The van der Waals surface area contributed by atoms with Crippen molar-refractivity contribution in [2.75, 3.05) is 0 Å². The number of hydrogen-bond donors (Lipinski definition) is 1. The maximum Gasteiger partial charge on any atom is 0.240 e. The fraction of sp³-hybridized carbons (Fsp3) is 0.900. The van der Waals surface area contributed by atoms with Gasteiger partial charge in [0.1, 0.15) is 0 Å². The summed E-state index contributed by atoms with van der Waals surface area (Å²) in [6, 6.07) is 0. The first-order valence-electron chi connectivity index (χ1n) is 5.46. The van der Waals surface area contributed by atoms with Crippen molar-refractivity contribution in [3.05, 3.63) is 0 Å². The summed E-state index contributed by atoms with van der Waals surface area (Å²) in [5.41, 5.74) is 0. The number of carbonyl (C=O) groups excluding carboxylic acids is 1. The summed E-state index contributed by atoms with van der Waals surface area (Å²) >= 11 is 0. The Morgan fingerprint density at radius 2 is 2.07 bits per heavy atom. The lowest BCUT2D eigenvalue weighted by atomic mass is 10.2. The van der Waals surface area contributed by atoms with E-state index in [-0.39, 0.29) is 11.8 Å². The second kappa shape index (κ2) is 3.20. The van der Waals surface area contributed by atoms with E-state index in [0.29, 0.717) is 18.8 Å². The monoisotopic (exact) mass is 231 g/mol. The fourth-order valence-electron chi connectivity index (χ4n) is 1.80. The van der Waals surface area contributed by atoms with Crippen LogP contribution in [0.3, 0.4) is 0 Å². The number of hydrogen-bond acceptors (Lipinski definition) is 3.